The molecule has 3 atom stereocenters. The van der Waals surface area contributed by atoms with E-state index in [1.54, 1.807) is 0 Å². The summed E-state index contributed by atoms with van der Waals surface area (Å²) in [6.45, 7) is 7.67. The van der Waals surface area contributed by atoms with Crippen LogP contribution in [0.15, 0.2) is 77.8 Å². The summed E-state index contributed by atoms with van der Waals surface area (Å²) >= 11 is 1.94. The molecule has 0 bridgehead atoms. The number of piperidine rings is 1. The van der Waals surface area contributed by atoms with Crippen molar-refractivity contribution in [1.82, 2.24) is 10.2 Å². The van der Waals surface area contributed by atoms with Gasteiger partial charge in [-0.05, 0) is 54.3 Å². The minimum atomic E-state index is 0.333. The summed E-state index contributed by atoms with van der Waals surface area (Å²) < 4.78 is 0. The van der Waals surface area contributed by atoms with Gasteiger partial charge < -0.3 is 5.32 Å². The van der Waals surface area contributed by atoms with Crippen LogP contribution in [0, 0.1) is 5.92 Å². The van der Waals surface area contributed by atoms with E-state index >= 15 is 0 Å². The molecule has 0 amide bonds. The normalized spacial score (nSPS) is 22.7. The minimum Gasteiger partial charge on any atom is -0.310 e. The molecule has 1 N–H and O–H groups in total. The molecule has 166 valence electrons. The number of hydrogen-bond acceptors (Lipinski definition) is 4. The van der Waals surface area contributed by atoms with Crippen LogP contribution in [0.5, 0.6) is 0 Å². The van der Waals surface area contributed by atoms with E-state index in [1.165, 1.54) is 33.4 Å². The quantitative estimate of drug-likeness (QED) is 0.504. The number of benzene rings is 3. The first-order valence-electron chi connectivity index (χ1n) is 11.9. The van der Waals surface area contributed by atoms with Crippen LogP contribution in [0.4, 0.5) is 0 Å². The van der Waals surface area contributed by atoms with Gasteiger partial charge in [-0.1, -0.05) is 72.8 Å². The van der Waals surface area contributed by atoms with Gasteiger partial charge in [-0.25, -0.2) is 0 Å². The Bertz CT molecular complexity index is 1060. The number of hydrogen-bond donors (Lipinski definition) is 1. The molecule has 3 aromatic carbocycles. The lowest BCUT2D eigenvalue weighted by molar-refractivity contribution is 0.173. The highest BCUT2D eigenvalue weighted by Gasteiger charge is 2.31. The van der Waals surface area contributed by atoms with Crippen molar-refractivity contribution >= 4 is 27.6 Å². The zero-order chi connectivity index (χ0) is 21.8. The molecule has 3 nitrogen and oxygen atoms in total. The summed E-state index contributed by atoms with van der Waals surface area (Å²) in [4.78, 5) is 7.31. The van der Waals surface area contributed by atoms with Crippen molar-refractivity contribution in [2.75, 3.05) is 38.5 Å². The molecule has 2 aliphatic heterocycles. The Kier molecular flexibility index (Phi) is 6.92. The molecule has 32 heavy (non-hydrogen) atoms. The molecular formula is C28H33N3S. The Morgan fingerprint density at radius 1 is 1.03 bits per heavy atom. The second kappa shape index (κ2) is 10.2. The van der Waals surface area contributed by atoms with Gasteiger partial charge in [0.1, 0.15) is 0 Å². The summed E-state index contributed by atoms with van der Waals surface area (Å²) in [5.41, 5.74) is 2.87. The van der Waals surface area contributed by atoms with Crippen molar-refractivity contribution in [3.8, 4) is 0 Å². The second-order valence-corrected chi connectivity index (χ2v) is 10.3. The van der Waals surface area contributed by atoms with Crippen LogP contribution in [0.3, 0.4) is 0 Å². The third kappa shape index (κ3) is 4.93. The summed E-state index contributed by atoms with van der Waals surface area (Å²) in [7, 11) is 0. The van der Waals surface area contributed by atoms with E-state index in [0.29, 0.717) is 17.9 Å². The van der Waals surface area contributed by atoms with Crippen molar-refractivity contribution in [2.24, 2.45) is 10.9 Å². The SMILES string of the molecule is C[C@@H](NCC1CCN(CC2=NCCS2)CC1c1ccccc1)c1cccc2ccccc12. The molecule has 0 aromatic heterocycles. The van der Waals surface area contributed by atoms with Crippen LogP contribution in [-0.4, -0.2) is 48.4 Å². The Morgan fingerprint density at radius 3 is 2.69 bits per heavy atom. The predicted molar refractivity (Wildman–Crippen MR) is 139 cm³/mol. The van der Waals surface area contributed by atoms with Crippen molar-refractivity contribution in [2.45, 2.75) is 25.3 Å². The maximum absolute atomic E-state index is 4.69. The number of nitrogens with one attached hydrogen (secondary N) is 1. The van der Waals surface area contributed by atoms with Gasteiger partial charge in [-0.15, -0.1) is 11.8 Å². The molecule has 3 aromatic rings. The van der Waals surface area contributed by atoms with Crippen LogP contribution < -0.4 is 5.32 Å². The highest BCUT2D eigenvalue weighted by atomic mass is 32.2. The van der Waals surface area contributed by atoms with E-state index in [9.17, 15) is 0 Å². The van der Waals surface area contributed by atoms with Crippen molar-refractivity contribution < 1.29 is 0 Å². The van der Waals surface area contributed by atoms with Crippen LogP contribution >= 0.6 is 11.8 Å². The molecule has 0 aliphatic carbocycles. The molecule has 4 heteroatoms. The largest absolute Gasteiger partial charge is 0.310 e. The van der Waals surface area contributed by atoms with Crippen molar-refractivity contribution in [3.63, 3.8) is 0 Å². The zero-order valence-corrected chi connectivity index (χ0v) is 19.7. The van der Waals surface area contributed by atoms with Gasteiger partial charge in [0.15, 0.2) is 0 Å². The summed E-state index contributed by atoms with van der Waals surface area (Å²) in [5.74, 6) is 2.36. The van der Waals surface area contributed by atoms with E-state index < -0.39 is 0 Å². The maximum Gasteiger partial charge on any atom is 0.0817 e. The summed E-state index contributed by atoms with van der Waals surface area (Å²) in [6, 6.07) is 26.9. The summed E-state index contributed by atoms with van der Waals surface area (Å²) in [6.07, 6.45) is 1.23. The number of thioether (sulfide) groups is 1. The molecule has 0 spiro atoms. The van der Waals surface area contributed by atoms with Gasteiger partial charge in [-0.2, -0.15) is 0 Å². The Morgan fingerprint density at radius 2 is 1.84 bits per heavy atom. The fourth-order valence-electron chi connectivity index (χ4n) is 5.27. The fraction of sp³-hybridized carbons (Fsp3) is 0.393. The van der Waals surface area contributed by atoms with Crippen LogP contribution in [0.25, 0.3) is 10.8 Å². The van der Waals surface area contributed by atoms with Crippen LogP contribution in [-0.2, 0) is 0 Å². The van der Waals surface area contributed by atoms with E-state index in [-0.39, 0.29) is 0 Å². The van der Waals surface area contributed by atoms with E-state index in [1.807, 2.05) is 11.8 Å². The highest BCUT2D eigenvalue weighted by molar-refractivity contribution is 8.14. The highest BCUT2D eigenvalue weighted by Crippen LogP contribution is 2.33. The molecular weight excluding hydrogens is 410 g/mol. The first-order chi connectivity index (χ1) is 15.8. The van der Waals surface area contributed by atoms with Crippen molar-refractivity contribution in [3.05, 3.63) is 83.9 Å². The van der Waals surface area contributed by atoms with Gasteiger partial charge in [0.2, 0.25) is 0 Å². The number of nitrogens with zero attached hydrogens (tertiary/aromatic N) is 2. The molecule has 1 saturated heterocycles. The first-order valence-corrected chi connectivity index (χ1v) is 12.9. The average Bonchev–Trinajstić information content (AvgIpc) is 3.36. The van der Waals surface area contributed by atoms with E-state index in [0.717, 1.165) is 38.5 Å². The second-order valence-electron chi connectivity index (χ2n) is 9.12. The minimum absolute atomic E-state index is 0.333. The lowest BCUT2D eigenvalue weighted by atomic mass is 9.80. The molecule has 5 rings (SSSR count). The van der Waals surface area contributed by atoms with Gasteiger partial charge in [0.05, 0.1) is 5.04 Å². The molecule has 2 unspecified atom stereocenters. The molecule has 2 heterocycles. The Labute approximate surface area is 196 Å². The molecule has 0 saturated carbocycles. The van der Waals surface area contributed by atoms with Gasteiger partial charge >= 0.3 is 0 Å². The predicted octanol–water partition coefficient (Wildman–Crippen LogP) is 5.74. The fourth-order valence-corrected chi connectivity index (χ4v) is 6.14. The van der Waals surface area contributed by atoms with Gasteiger partial charge in [0, 0.05) is 37.3 Å². The Hall–Kier alpha value is -2.14. The number of aliphatic imine (C=N–C) groups is 1. The number of rotatable bonds is 7. The molecule has 2 aliphatic rings. The number of fused-ring (bicyclic) bond motifs is 1. The first kappa shape index (κ1) is 21.7. The Balaban J connectivity index is 1.29. The van der Waals surface area contributed by atoms with Gasteiger partial charge in [0.25, 0.3) is 0 Å². The van der Waals surface area contributed by atoms with Crippen LogP contribution in [0.2, 0.25) is 0 Å². The van der Waals surface area contributed by atoms with E-state index in [2.05, 4.69) is 89.9 Å². The average molecular weight is 444 g/mol. The molecule has 0 radical (unpaired) electrons. The number of likely N-dealkylation sites (tertiary alicyclic amines) is 1. The lowest BCUT2D eigenvalue weighted by Gasteiger charge is -2.39. The maximum atomic E-state index is 4.69. The van der Waals surface area contributed by atoms with E-state index in [4.69, 9.17) is 4.99 Å². The molecule has 1 fully saturated rings. The third-order valence-corrected chi connectivity index (χ3v) is 8.03. The van der Waals surface area contributed by atoms with Crippen molar-refractivity contribution in [1.29, 1.82) is 0 Å². The van der Waals surface area contributed by atoms with Gasteiger partial charge in [-0.3, -0.25) is 9.89 Å². The lowest BCUT2D eigenvalue weighted by Crippen LogP contribution is -2.44. The third-order valence-electron chi connectivity index (χ3n) is 7.05. The standard InChI is InChI=1S/C28H33N3S/c1-21(25-13-7-11-22-10-5-6-12-26(22)25)30-18-24-14-16-31(20-28-29-15-17-32-28)19-27(24)23-8-3-2-4-9-23/h2-13,21,24,27,30H,14-20H2,1H3/t21-,24?,27?/m1/s1. The topological polar surface area (TPSA) is 27.6 Å². The smallest absolute Gasteiger partial charge is 0.0817 e. The zero-order valence-electron chi connectivity index (χ0n) is 18.9. The summed E-state index contributed by atoms with van der Waals surface area (Å²) in [5, 5.41) is 7.92. The monoisotopic (exact) mass is 443 g/mol. The van der Waals surface area contributed by atoms with Crippen LogP contribution in [0.1, 0.15) is 36.4 Å².